The highest BCUT2D eigenvalue weighted by Crippen LogP contribution is 2.44. The summed E-state index contributed by atoms with van der Waals surface area (Å²) in [6, 6.07) is 1.48. The molecule has 0 spiro atoms. The van der Waals surface area contributed by atoms with Crippen molar-refractivity contribution in [3.05, 3.63) is 48.1 Å². The maximum Gasteiger partial charge on any atom is 0.379 e. The van der Waals surface area contributed by atoms with E-state index in [0.717, 1.165) is 24.3 Å². The number of hydrogen-bond donors (Lipinski definition) is 1. The molecule has 1 aromatic heterocycles. The predicted molar refractivity (Wildman–Crippen MR) is 74.7 cm³/mol. The number of halogens is 4. The fourth-order valence-electron chi connectivity index (χ4n) is 2.15. The second kappa shape index (κ2) is 6.13. The van der Waals surface area contributed by atoms with E-state index >= 15 is 0 Å². The molecule has 1 aromatic carbocycles. The van der Waals surface area contributed by atoms with Crippen LogP contribution in [-0.4, -0.2) is 39.3 Å². The van der Waals surface area contributed by atoms with Crippen molar-refractivity contribution in [2.75, 3.05) is 5.75 Å². The first-order valence-electron chi connectivity index (χ1n) is 6.65. The van der Waals surface area contributed by atoms with Gasteiger partial charge >= 0.3 is 5.25 Å². The molecule has 11 heteroatoms. The zero-order valence-corrected chi connectivity index (χ0v) is 13.1. The molecule has 0 radical (unpaired) electrons. The Morgan fingerprint density at radius 3 is 2.46 bits per heavy atom. The van der Waals surface area contributed by atoms with Crippen molar-refractivity contribution in [1.29, 1.82) is 0 Å². The minimum Gasteiger partial charge on any atom is -0.376 e. The monoisotopic (exact) mass is 367 g/mol. The largest absolute Gasteiger partial charge is 0.379 e. The van der Waals surface area contributed by atoms with E-state index in [1.807, 2.05) is 0 Å². The molecule has 24 heavy (non-hydrogen) atoms. The average Bonchev–Trinajstić information content (AvgIpc) is 2.99. The minimum absolute atomic E-state index is 0.274. The van der Waals surface area contributed by atoms with Crippen LogP contribution in [0.4, 0.5) is 17.6 Å². The van der Waals surface area contributed by atoms with E-state index in [1.54, 1.807) is 0 Å². The Morgan fingerprint density at radius 2 is 1.96 bits per heavy atom. The van der Waals surface area contributed by atoms with E-state index in [2.05, 4.69) is 10.1 Å². The number of rotatable bonds is 6. The van der Waals surface area contributed by atoms with Gasteiger partial charge in [0, 0.05) is 11.6 Å². The summed E-state index contributed by atoms with van der Waals surface area (Å²) in [7, 11) is -5.14. The lowest BCUT2D eigenvalue weighted by Gasteiger charge is -2.35. The molecule has 1 heterocycles. The van der Waals surface area contributed by atoms with E-state index in [-0.39, 0.29) is 6.07 Å². The van der Waals surface area contributed by atoms with Crippen LogP contribution in [0, 0.1) is 11.6 Å². The van der Waals surface area contributed by atoms with Gasteiger partial charge < -0.3 is 5.11 Å². The van der Waals surface area contributed by atoms with E-state index in [0.29, 0.717) is 12.1 Å². The van der Waals surface area contributed by atoms with Crippen LogP contribution in [0.5, 0.6) is 0 Å². The van der Waals surface area contributed by atoms with Crippen LogP contribution in [0.2, 0.25) is 0 Å². The molecular weight excluding hydrogens is 354 g/mol. The molecule has 0 amide bonds. The summed E-state index contributed by atoms with van der Waals surface area (Å²) in [6.07, 6.45) is 1.91. The van der Waals surface area contributed by atoms with Gasteiger partial charge in [0.25, 0.3) is 0 Å². The molecule has 0 fully saturated rings. The third-order valence-corrected chi connectivity index (χ3v) is 5.37. The Hall–Kier alpha value is -2.01. The first-order chi connectivity index (χ1) is 11.0. The van der Waals surface area contributed by atoms with Gasteiger partial charge in [0.15, 0.2) is 5.60 Å². The topological polar surface area (TPSA) is 85.1 Å². The Balaban J connectivity index is 2.70. The lowest BCUT2D eigenvalue weighted by molar-refractivity contribution is -0.145. The first-order valence-corrected chi connectivity index (χ1v) is 8.31. The molecule has 0 saturated heterocycles. The number of aliphatic hydroxyl groups is 1. The van der Waals surface area contributed by atoms with Crippen LogP contribution >= 0.6 is 0 Å². The molecule has 0 saturated carbocycles. The van der Waals surface area contributed by atoms with Gasteiger partial charge in [0.05, 0.1) is 12.3 Å². The molecule has 1 unspecified atom stereocenters. The van der Waals surface area contributed by atoms with Gasteiger partial charge in [-0.05, 0) is 12.1 Å². The second-order valence-corrected chi connectivity index (χ2v) is 7.32. The number of sulfone groups is 1. The number of aromatic nitrogens is 3. The molecule has 0 aliphatic heterocycles. The van der Waals surface area contributed by atoms with Crippen LogP contribution in [0.1, 0.15) is 12.5 Å². The Kier molecular flexibility index (Phi) is 4.68. The number of alkyl halides is 2. The molecule has 0 aliphatic carbocycles. The molecule has 1 atom stereocenters. The van der Waals surface area contributed by atoms with Crippen LogP contribution in [-0.2, 0) is 22.0 Å². The fourth-order valence-corrected chi connectivity index (χ4v) is 3.20. The SMILES string of the molecule is CCS(=O)(=O)C(F)(F)C(O)(Cn1cncn1)c1ccc(F)cc1F. The van der Waals surface area contributed by atoms with Gasteiger partial charge in [-0.15, -0.1) is 0 Å². The molecule has 1 N–H and O–H groups in total. The molecular formula is C13H13F4N3O3S. The Bertz CT molecular complexity index is 827. The smallest absolute Gasteiger partial charge is 0.376 e. The van der Waals surface area contributed by atoms with Gasteiger partial charge in [-0.1, -0.05) is 6.92 Å². The van der Waals surface area contributed by atoms with Gasteiger partial charge in [0.2, 0.25) is 9.84 Å². The fraction of sp³-hybridized carbons (Fsp3) is 0.385. The van der Waals surface area contributed by atoms with E-state index in [9.17, 15) is 31.1 Å². The van der Waals surface area contributed by atoms with Gasteiger partial charge in [0.1, 0.15) is 24.3 Å². The molecule has 0 aliphatic rings. The summed E-state index contributed by atoms with van der Waals surface area (Å²) in [5.74, 6) is -3.58. The summed E-state index contributed by atoms with van der Waals surface area (Å²) >= 11 is 0. The van der Waals surface area contributed by atoms with E-state index in [1.165, 1.54) is 0 Å². The summed E-state index contributed by atoms with van der Waals surface area (Å²) < 4.78 is 80.7. The number of nitrogens with zero attached hydrogens (tertiary/aromatic N) is 3. The van der Waals surface area contributed by atoms with Crippen LogP contribution in [0.3, 0.4) is 0 Å². The van der Waals surface area contributed by atoms with Crippen molar-refractivity contribution in [1.82, 2.24) is 14.8 Å². The molecule has 132 valence electrons. The van der Waals surface area contributed by atoms with Gasteiger partial charge in [-0.25, -0.2) is 26.9 Å². The number of benzene rings is 1. The van der Waals surface area contributed by atoms with Crippen molar-refractivity contribution in [2.24, 2.45) is 0 Å². The van der Waals surface area contributed by atoms with Crippen LogP contribution in [0.15, 0.2) is 30.9 Å². The van der Waals surface area contributed by atoms with Crippen molar-refractivity contribution >= 4 is 9.84 Å². The summed E-state index contributed by atoms with van der Waals surface area (Å²) in [5, 5.41) is 9.29. The maximum atomic E-state index is 14.6. The van der Waals surface area contributed by atoms with Crippen molar-refractivity contribution in [3.8, 4) is 0 Å². The molecule has 0 bridgehead atoms. The zero-order chi connectivity index (χ0) is 18.2. The van der Waals surface area contributed by atoms with Gasteiger partial charge in [-0.2, -0.15) is 13.9 Å². The van der Waals surface area contributed by atoms with E-state index < -0.39 is 50.2 Å². The van der Waals surface area contributed by atoms with Crippen molar-refractivity contribution in [2.45, 2.75) is 24.3 Å². The summed E-state index contributed by atoms with van der Waals surface area (Å²) in [5.41, 5.74) is -4.59. The third kappa shape index (κ3) is 2.88. The second-order valence-electron chi connectivity index (χ2n) is 5.00. The third-order valence-electron chi connectivity index (χ3n) is 3.49. The molecule has 2 aromatic rings. The van der Waals surface area contributed by atoms with Gasteiger partial charge in [-0.3, -0.25) is 0 Å². The van der Waals surface area contributed by atoms with Crippen LogP contribution < -0.4 is 0 Å². The average molecular weight is 367 g/mol. The maximum absolute atomic E-state index is 14.6. The first kappa shape index (κ1) is 18.3. The van der Waals surface area contributed by atoms with Crippen LogP contribution in [0.25, 0.3) is 0 Å². The minimum atomic E-state index is -5.14. The number of hydrogen-bond acceptors (Lipinski definition) is 5. The van der Waals surface area contributed by atoms with E-state index in [4.69, 9.17) is 0 Å². The molecule has 2 rings (SSSR count). The highest BCUT2D eigenvalue weighted by Gasteiger charge is 2.63. The lowest BCUT2D eigenvalue weighted by atomic mass is 9.93. The van der Waals surface area contributed by atoms with Crippen molar-refractivity contribution < 1.29 is 31.1 Å². The Morgan fingerprint density at radius 1 is 1.29 bits per heavy atom. The Labute approximate surface area is 134 Å². The standard InChI is InChI=1S/C13H13F4N3O3S/c1-2-24(22,23)13(16,17)12(21,6-20-8-18-7-19-20)10-4-3-9(14)5-11(10)15/h3-5,7-8,21H,2,6H2,1H3. The summed E-state index contributed by atoms with van der Waals surface area (Å²) in [4.78, 5) is 3.49. The van der Waals surface area contributed by atoms with Crippen molar-refractivity contribution in [3.63, 3.8) is 0 Å². The highest BCUT2D eigenvalue weighted by molar-refractivity contribution is 7.92. The zero-order valence-electron chi connectivity index (χ0n) is 12.3. The highest BCUT2D eigenvalue weighted by atomic mass is 32.2. The quantitative estimate of drug-likeness (QED) is 0.782. The lowest BCUT2D eigenvalue weighted by Crippen LogP contribution is -2.54. The molecule has 6 nitrogen and oxygen atoms in total. The predicted octanol–water partition coefficient (Wildman–Crippen LogP) is 1.47. The normalized spacial score (nSPS) is 15.2. The summed E-state index contributed by atoms with van der Waals surface area (Å²) in [6.45, 7) is -0.151.